The van der Waals surface area contributed by atoms with Crippen molar-refractivity contribution in [2.24, 2.45) is 5.73 Å². The average Bonchev–Trinajstić information content (AvgIpc) is 3.70. The van der Waals surface area contributed by atoms with Gasteiger partial charge in [-0.25, -0.2) is 18.4 Å². The Labute approximate surface area is 255 Å². The Morgan fingerprint density at radius 3 is 2.30 bits per heavy atom. The molecule has 3 aromatic carbocycles. The lowest BCUT2D eigenvalue weighted by Crippen LogP contribution is -2.38. The normalized spacial score (nSPS) is 16.7. The molecule has 2 N–H and O–H groups in total. The van der Waals surface area contributed by atoms with Gasteiger partial charge in [0, 0.05) is 46.0 Å². The maximum atomic E-state index is 13.9. The van der Waals surface area contributed by atoms with Crippen LogP contribution in [0.5, 0.6) is 0 Å². The lowest BCUT2D eigenvalue weighted by atomic mass is 9.75. The van der Waals surface area contributed by atoms with E-state index in [1.807, 2.05) is 41.9 Å². The van der Waals surface area contributed by atoms with Crippen LogP contribution < -0.4 is 10.6 Å². The second-order valence-corrected chi connectivity index (χ2v) is 11.4. The number of ketones is 1. The average molecular weight is 603 g/mol. The zero-order valence-electron chi connectivity index (χ0n) is 23.2. The number of nitrogens with two attached hydrogens (primary N) is 1. The van der Waals surface area contributed by atoms with Gasteiger partial charge in [-0.05, 0) is 73.5 Å². The van der Waals surface area contributed by atoms with E-state index in [0.717, 1.165) is 11.3 Å². The molecule has 0 radical (unpaired) electrons. The van der Waals surface area contributed by atoms with Gasteiger partial charge in [-0.1, -0.05) is 18.2 Å². The molecule has 1 aliphatic carbocycles. The van der Waals surface area contributed by atoms with Crippen molar-refractivity contribution in [3.63, 3.8) is 0 Å². The summed E-state index contributed by atoms with van der Waals surface area (Å²) in [5.74, 6) is -1.40. The fourth-order valence-corrected chi connectivity index (χ4v) is 6.75. The van der Waals surface area contributed by atoms with Gasteiger partial charge in [0.25, 0.3) is 0 Å². The van der Waals surface area contributed by atoms with E-state index in [2.05, 4.69) is 6.07 Å². The molecule has 44 heavy (non-hydrogen) atoms. The second-order valence-electron chi connectivity index (χ2n) is 10.6. The minimum atomic E-state index is -0.784. The Morgan fingerprint density at radius 2 is 1.61 bits per heavy atom. The number of aromatic nitrogens is 3. The molecule has 1 atom stereocenters. The van der Waals surface area contributed by atoms with Crippen molar-refractivity contribution in [3.05, 3.63) is 130 Å². The molecule has 5 aromatic rings. The van der Waals surface area contributed by atoms with Crippen LogP contribution in [-0.2, 0) is 4.79 Å². The summed E-state index contributed by atoms with van der Waals surface area (Å²) in [6.07, 6.45) is 3.34. The van der Waals surface area contributed by atoms with Crippen molar-refractivity contribution in [2.75, 3.05) is 4.90 Å². The van der Waals surface area contributed by atoms with Gasteiger partial charge in [0.15, 0.2) is 10.9 Å². The van der Waals surface area contributed by atoms with E-state index < -0.39 is 5.92 Å². The fourth-order valence-electron chi connectivity index (χ4n) is 5.88. The Balaban J connectivity index is 1.42. The molecule has 3 heterocycles. The van der Waals surface area contributed by atoms with Gasteiger partial charge >= 0.3 is 0 Å². The van der Waals surface area contributed by atoms with Crippen LogP contribution in [0.1, 0.15) is 30.7 Å². The van der Waals surface area contributed by atoms with Gasteiger partial charge in [0.2, 0.25) is 0 Å². The van der Waals surface area contributed by atoms with E-state index in [0.29, 0.717) is 58.2 Å². The molecule has 7 nitrogen and oxygen atoms in total. The molecule has 2 aliphatic rings. The zero-order chi connectivity index (χ0) is 30.4. The largest absolute Gasteiger partial charge is 0.384 e. The van der Waals surface area contributed by atoms with Gasteiger partial charge < -0.3 is 5.73 Å². The zero-order valence-corrected chi connectivity index (χ0v) is 24.1. The first-order valence-corrected chi connectivity index (χ1v) is 14.9. The van der Waals surface area contributed by atoms with Crippen LogP contribution in [0.3, 0.4) is 0 Å². The van der Waals surface area contributed by atoms with Gasteiger partial charge in [0.05, 0.1) is 34.6 Å². The number of carbonyl (C=O) groups excluding carboxylic acids is 1. The third-order valence-corrected chi connectivity index (χ3v) is 8.75. The molecule has 2 aromatic heterocycles. The number of Topliss-reactive ketones (excluding diaryl/α,β-unsaturated/α-hetero) is 1. The van der Waals surface area contributed by atoms with Crippen molar-refractivity contribution >= 4 is 22.3 Å². The van der Waals surface area contributed by atoms with Crippen LogP contribution in [0.4, 0.5) is 13.9 Å². The first-order valence-electron chi connectivity index (χ1n) is 14.0. The molecule has 7 rings (SSSR count). The first-order chi connectivity index (χ1) is 21.4. The standard InChI is InChI=1S/C34H24F2N6OS/c35-22-13-9-20(10-14-22)27-19-44-34(39-27)42-28-7-4-8-29(43)31(28)30(25(17-37)33(42)38)26-18-41(24-5-2-1-3-6-24)40-32(26)21-11-15-23(36)16-12-21/h1-3,5-6,9-16,18-19,30H,4,7-8,38H2. The van der Waals surface area contributed by atoms with Gasteiger partial charge in [-0.2, -0.15) is 10.4 Å². The highest BCUT2D eigenvalue weighted by atomic mass is 32.1. The summed E-state index contributed by atoms with van der Waals surface area (Å²) in [5.41, 5.74) is 12.1. The summed E-state index contributed by atoms with van der Waals surface area (Å²) in [6, 6.07) is 23.8. The monoisotopic (exact) mass is 602 g/mol. The van der Waals surface area contributed by atoms with Crippen molar-refractivity contribution in [1.82, 2.24) is 14.8 Å². The third-order valence-electron chi connectivity index (χ3n) is 7.93. The highest BCUT2D eigenvalue weighted by molar-refractivity contribution is 7.14. The summed E-state index contributed by atoms with van der Waals surface area (Å²) >= 11 is 1.33. The summed E-state index contributed by atoms with van der Waals surface area (Å²) in [6.45, 7) is 0. The van der Waals surface area contributed by atoms with Crippen LogP contribution in [0.15, 0.2) is 113 Å². The molecule has 216 valence electrons. The molecule has 0 amide bonds. The molecular formula is C34H24F2N6OS. The topological polar surface area (TPSA) is 101 Å². The lowest BCUT2D eigenvalue weighted by Gasteiger charge is -2.38. The number of anilines is 1. The number of hydrogen-bond acceptors (Lipinski definition) is 7. The van der Waals surface area contributed by atoms with Crippen molar-refractivity contribution < 1.29 is 13.6 Å². The van der Waals surface area contributed by atoms with E-state index in [9.17, 15) is 18.8 Å². The van der Waals surface area contributed by atoms with Crippen molar-refractivity contribution in [3.8, 4) is 34.3 Å². The molecule has 10 heteroatoms. The molecular weight excluding hydrogens is 578 g/mol. The van der Waals surface area contributed by atoms with E-state index in [1.165, 1.54) is 35.6 Å². The lowest BCUT2D eigenvalue weighted by molar-refractivity contribution is -0.116. The minimum absolute atomic E-state index is 0.0747. The number of hydrogen-bond donors (Lipinski definition) is 1. The van der Waals surface area contributed by atoms with Crippen LogP contribution in [-0.4, -0.2) is 20.5 Å². The second kappa shape index (κ2) is 11.0. The molecule has 0 bridgehead atoms. The van der Waals surface area contributed by atoms with Crippen LogP contribution in [0, 0.1) is 23.0 Å². The number of halogens is 2. The highest BCUT2D eigenvalue weighted by Gasteiger charge is 2.42. The smallest absolute Gasteiger partial charge is 0.195 e. The van der Waals surface area contributed by atoms with E-state index in [-0.39, 0.29) is 28.8 Å². The number of benzene rings is 3. The first kappa shape index (κ1) is 27.4. The van der Waals surface area contributed by atoms with Gasteiger partial charge in [0.1, 0.15) is 17.5 Å². The number of thiazole rings is 1. The SMILES string of the molecule is N#CC1=C(N)N(c2nc(-c3ccc(F)cc3)cs2)C2=C(C(=O)CCC2)C1c1cn(-c2ccccc2)nc1-c1ccc(F)cc1. The molecule has 0 spiro atoms. The summed E-state index contributed by atoms with van der Waals surface area (Å²) in [7, 11) is 0. The molecule has 0 saturated heterocycles. The van der Waals surface area contributed by atoms with E-state index in [4.69, 9.17) is 15.8 Å². The highest BCUT2D eigenvalue weighted by Crippen LogP contribution is 2.49. The molecule has 0 saturated carbocycles. The quantitative estimate of drug-likeness (QED) is 0.228. The Hall–Kier alpha value is -5.40. The predicted molar refractivity (Wildman–Crippen MR) is 164 cm³/mol. The molecule has 1 unspecified atom stereocenters. The number of allylic oxidation sites excluding steroid dienone is 3. The number of carbonyl (C=O) groups is 1. The molecule has 1 aliphatic heterocycles. The summed E-state index contributed by atoms with van der Waals surface area (Å²) in [5, 5.41) is 17.8. The molecule has 0 fully saturated rings. The Morgan fingerprint density at radius 1 is 0.932 bits per heavy atom. The van der Waals surface area contributed by atoms with Crippen molar-refractivity contribution in [2.45, 2.75) is 25.2 Å². The summed E-state index contributed by atoms with van der Waals surface area (Å²) in [4.78, 5) is 20.3. The minimum Gasteiger partial charge on any atom is -0.384 e. The maximum Gasteiger partial charge on any atom is 0.195 e. The number of nitrogens with zero attached hydrogens (tertiary/aromatic N) is 5. The number of nitriles is 1. The maximum absolute atomic E-state index is 13.9. The predicted octanol–water partition coefficient (Wildman–Crippen LogP) is 7.25. The number of rotatable bonds is 5. The van der Waals surface area contributed by atoms with Crippen molar-refractivity contribution in [1.29, 1.82) is 5.26 Å². The Bertz CT molecular complexity index is 2000. The van der Waals surface area contributed by atoms with Gasteiger partial charge in [-0.3, -0.25) is 9.69 Å². The third kappa shape index (κ3) is 4.68. The Kier molecular flexibility index (Phi) is 6.87. The van der Waals surface area contributed by atoms with Gasteiger partial charge in [-0.15, -0.1) is 11.3 Å². The van der Waals surface area contributed by atoms with E-state index >= 15 is 0 Å². The van der Waals surface area contributed by atoms with Crippen LogP contribution in [0.25, 0.3) is 28.2 Å². The summed E-state index contributed by atoms with van der Waals surface area (Å²) < 4.78 is 29.2. The fraction of sp³-hybridized carbons (Fsp3) is 0.118. The van der Waals surface area contributed by atoms with E-state index in [1.54, 1.807) is 33.8 Å². The van der Waals surface area contributed by atoms with Crippen LogP contribution in [0.2, 0.25) is 0 Å². The van der Waals surface area contributed by atoms with Crippen LogP contribution >= 0.6 is 11.3 Å². The number of para-hydroxylation sites is 1.